The summed E-state index contributed by atoms with van der Waals surface area (Å²) in [4.78, 5) is 22.4. The Kier molecular flexibility index (Phi) is 5.50. The molecule has 1 aromatic carbocycles. The molecule has 98 valence electrons. The molecule has 0 aliphatic carbocycles. The van der Waals surface area contributed by atoms with Crippen molar-refractivity contribution in [2.75, 3.05) is 18.9 Å². The molecule has 0 aromatic heterocycles. The second-order valence-electron chi connectivity index (χ2n) is 3.55. The largest absolute Gasteiger partial charge is 0.412 e. The van der Waals surface area contributed by atoms with Crippen LogP contribution in [0.2, 0.25) is 0 Å². The molecule has 0 aliphatic heterocycles. The van der Waals surface area contributed by atoms with Crippen molar-refractivity contribution in [2.45, 2.75) is 13.3 Å². The number of benzene rings is 1. The van der Waals surface area contributed by atoms with Crippen molar-refractivity contribution in [1.82, 2.24) is 10.6 Å². The zero-order valence-electron chi connectivity index (χ0n) is 10.4. The van der Waals surface area contributed by atoms with Crippen molar-refractivity contribution >= 4 is 17.8 Å². The summed E-state index contributed by atoms with van der Waals surface area (Å²) in [7, 11) is 1.47. The van der Waals surface area contributed by atoms with E-state index in [2.05, 4.69) is 16.0 Å². The first-order chi connectivity index (χ1) is 8.65. The van der Waals surface area contributed by atoms with Crippen LogP contribution in [0.25, 0.3) is 0 Å². The Morgan fingerprint density at radius 2 is 2.11 bits per heavy atom. The maximum Gasteiger partial charge on any atom is 0.412 e. The third-order valence-corrected chi connectivity index (χ3v) is 2.04. The monoisotopic (exact) mass is 251 g/mol. The summed E-state index contributed by atoms with van der Waals surface area (Å²) < 4.78 is 4.95. The van der Waals surface area contributed by atoms with Gasteiger partial charge in [0, 0.05) is 25.3 Å². The van der Waals surface area contributed by atoms with Gasteiger partial charge in [-0.05, 0) is 18.6 Å². The minimum Gasteiger partial charge on any atom is -0.410 e. The van der Waals surface area contributed by atoms with Gasteiger partial charge in [-0.15, -0.1) is 0 Å². The molecule has 0 bridgehead atoms. The second-order valence-corrected chi connectivity index (χ2v) is 3.55. The summed E-state index contributed by atoms with van der Waals surface area (Å²) >= 11 is 0. The Morgan fingerprint density at radius 1 is 1.33 bits per heavy atom. The summed E-state index contributed by atoms with van der Waals surface area (Å²) in [6.07, 6.45) is 0.315. The lowest BCUT2D eigenvalue weighted by molar-refractivity contribution is 0.203. The second kappa shape index (κ2) is 7.16. The molecule has 0 spiro atoms. The van der Waals surface area contributed by atoms with E-state index in [0.29, 0.717) is 18.0 Å². The molecular formula is C12H17N3O3. The van der Waals surface area contributed by atoms with Gasteiger partial charge in [0.05, 0.1) is 0 Å². The van der Waals surface area contributed by atoms with E-state index in [1.54, 1.807) is 24.3 Å². The van der Waals surface area contributed by atoms with Crippen LogP contribution in [0.1, 0.15) is 13.3 Å². The van der Waals surface area contributed by atoms with Crippen molar-refractivity contribution in [1.29, 1.82) is 0 Å². The number of anilines is 1. The molecule has 0 radical (unpaired) electrons. The summed E-state index contributed by atoms with van der Waals surface area (Å²) in [5.74, 6) is 0.364. The summed E-state index contributed by atoms with van der Waals surface area (Å²) in [5.41, 5.74) is 0.560. The van der Waals surface area contributed by atoms with Gasteiger partial charge in [-0.1, -0.05) is 13.0 Å². The minimum absolute atomic E-state index is 0.283. The topological polar surface area (TPSA) is 79.5 Å². The lowest BCUT2D eigenvalue weighted by Gasteiger charge is -2.08. The van der Waals surface area contributed by atoms with Crippen molar-refractivity contribution in [3.63, 3.8) is 0 Å². The predicted molar refractivity (Wildman–Crippen MR) is 68.8 cm³/mol. The molecule has 1 aromatic rings. The molecule has 0 atom stereocenters. The predicted octanol–water partition coefficient (Wildman–Crippen LogP) is 1.94. The fourth-order valence-electron chi connectivity index (χ4n) is 1.21. The van der Waals surface area contributed by atoms with Gasteiger partial charge in [0.1, 0.15) is 5.75 Å². The van der Waals surface area contributed by atoms with Gasteiger partial charge < -0.3 is 20.7 Å². The molecule has 0 saturated carbocycles. The maximum absolute atomic E-state index is 11.4. The quantitative estimate of drug-likeness (QED) is 0.765. The fraction of sp³-hybridized carbons (Fsp3) is 0.333. The van der Waals surface area contributed by atoms with E-state index >= 15 is 0 Å². The van der Waals surface area contributed by atoms with E-state index in [0.717, 1.165) is 6.42 Å². The van der Waals surface area contributed by atoms with E-state index < -0.39 is 6.09 Å². The molecule has 3 amide bonds. The Morgan fingerprint density at radius 3 is 2.78 bits per heavy atom. The number of carbonyl (C=O) groups excluding carboxylic acids is 2. The first kappa shape index (κ1) is 13.8. The molecule has 3 N–H and O–H groups in total. The molecule has 6 heteroatoms. The molecule has 18 heavy (non-hydrogen) atoms. The van der Waals surface area contributed by atoms with Crippen LogP contribution in [0.5, 0.6) is 5.75 Å². The lowest BCUT2D eigenvalue weighted by atomic mass is 10.3. The van der Waals surface area contributed by atoms with Crippen LogP contribution in [0.3, 0.4) is 0 Å². The molecule has 6 nitrogen and oxygen atoms in total. The van der Waals surface area contributed by atoms with E-state index in [-0.39, 0.29) is 6.03 Å². The van der Waals surface area contributed by atoms with Gasteiger partial charge in [0.15, 0.2) is 0 Å². The number of rotatable bonds is 4. The average molecular weight is 251 g/mol. The third-order valence-electron chi connectivity index (χ3n) is 2.04. The minimum atomic E-state index is -0.553. The summed E-state index contributed by atoms with van der Waals surface area (Å²) in [6, 6.07) is 6.31. The van der Waals surface area contributed by atoms with Crippen LogP contribution < -0.4 is 20.7 Å². The van der Waals surface area contributed by atoms with Crippen LogP contribution in [0.15, 0.2) is 24.3 Å². The van der Waals surface area contributed by atoms with Crippen LogP contribution in [0.4, 0.5) is 15.3 Å². The molecule has 0 aliphatic rings. The smallest absolute Gasteiger partial charge is 0.410 e. The Labute approximate surface area is 106 Å². The van der Waals surface area contributed by atoms with Gasteiger partial charge >= 0.3 is 12.1 Å². The highest BCUT2D eigenvalue weighted by atomic mass is 16.5. The molecule has 0 fully saturated rings. The van der Waals surface area contributed by atoms with Gasteiger partial charge in [-0.25, -0.2) is 9.59 Å². The first-order valence-corrected chi connectivity index (χ1v) is 5.70. The number of carbonyl (C=O) groups is 2. The molecule has 0 unspecified atom stereocenters. The maximum atomic E-state index is 11.4. The van der Waals surface area contributed by atoms with Crippen LogP contribution >= 0.6 is 0 Å². The zero-order chi connectivity index (χ0) is 13.4. The zero-order valence-corrected chi connectivity index (χ0v) is 10.4. The van der Waals surface area contributed by atoms with Crippen molar-refractivity contribution < 1.29 is 14.3 Å². The first-order valence-electron chi connectivity index (χ1n) is 5.70. The summed E-state index contributed by atoms with van der Waals surface area (Å²) in [5, 5.41) is 7.67. The number of hydrogen-bond acceptors (Lipinski definition) is 3. The van der Waals surface area contributed by atoms with Crippen LogP contribution in [0, 0.1) is 0 Å². The highest BCUT2D eigenvalue weighted by Crippen LogP contribution is 2.17. The standard InChI is InChI=1S/C12H17N3O3/c1-3-7-14-11(16)15-9-5-4-6-10(8-9)18-12(17)13-2/h4-6,8H,3,7H2,1-2H3,(H,13,17)(H2,14,15,16). The fourth-order valence-corrected chi connectivity index (χ4v) is 1.21. The number of ether oxygens (including phenoxy) is 1. The average Bonchev–Trinajstić information content (AvgIpc) is 2.36. The molecule has 1 rings (SSSR count). The van der Waals surface area contributed by atoms with Gasteiger partial charge in [0.25, 0.3) is 0 Å². The van der Waals surface area contributed by atoms with Crippen molar-refractivity contribution in [3.8, 4) is 5.75 Å². The number of nitrogens with one attached hydrogen (secondary N) is 3. The highest BCUT2D eigenvalue weighted by Gasteiger charge is 2.04. The summed E-state index contributed by atoms with van der Waals surface area (Å²) in [6.45, 7) is 2.58. The number of amides is 3. The van der Waals surface area contributed by atoms with E-state index in [4.69, 9.17) is 4.74 Å². The lowest BCUT2D eigenvalue weighted by Crippen LogP contribution is -2.29. The van der Waals surface area contributed by atoms with Gasteiger partial charge in [-0.3, -0.25) is 0 Å². The normalized spacial score (nSPS) is 9.44. The molecule has 0 heterocycles. The Hall–Kier alpha value is -2.24. The van der Waals surface area contributed by atoms with Crippen molar-refractivity contribution in [3.05, 3.63) is 24.3 Å². The number of urea groups is 1. The molecule has 0 saturated heterocycles. The van der Waals surface area contributed by atoms with E-state index in [9.17, 15) is 9.59 Å². The van der Waals surface area contributed by atoms with Crippen LogP contribution in [-0.4, -0.2) is 25.7 Å². The Bertz CT molecular complexity index is 421. The third kappa shape index (κ3) is 4.73. The number of hydrogen-bond donors (Lipinski definition) is 3. The van der Waals surface area contributed by atoms with E-state index in [1.165, 1.54) is 7.05 Å². The Balaban J connectivity index is 2.59. The van der Waals surface area contributed by atoms with Gasteiger partial charge in [-0.2, -0.15) is 0 Å². The van der Waals surface area contributed by atoms with Gasteiger partial charge in [0.2, 0.25) is 0 Å². The van der Waals surface area contributed by atoms with Crippen LogP contribution in [-0.2, 0) is 0 Å². The SMILES string of the molecule is CCCNC(=O)Nc1cccc(OC(=O)NC)c1. The van der Waals surface area contributed by atoms with Crippen molar-refractivity contribution in [2.24, 2.45) is 0 Å². The van der Waals surface area contributed by atoms with E-state index in [1.807, 2.05) is 6.92 Å². The molecular weight excluding hydrogens is 234 g/mol. The highest BCUT2D eigenvalue weighted by molar-refractivity contribution is 5.89.